The van der Waals surface area contributed by atoms with Crippen LogP contribution in [0.25, 0.3) is 0 Å². The van der Waals surface area contributed by atoms with Gasteiger partial charge in [-0.25, -0.2) is 0 Å². The highest BCUT2D eigenvalue weighted by molar-refractivity contribution is 6.69. The summed E-state index contributed by atoms with van der Waals surface area (Å²) in [5, 5.41) is 11.7. The van der Waals surface area contributed by atoms with E-state index in [9.17, 15) is 0 Å². The summed E-state index contributed by atoms with van der Waals surface area (Å²) in [5.41, 5.74) is 2.64. The van der Waals surface area contributed by atoms with Crippen molar-refractivity contribution in [1.29, 1.82) is 0 Å². The Morgan fingerprint density at radius 2 is 1.81 bits per heavy atom. The second-order valence-corrected chi connectivity index (χ2v) is 4.35. The third-order valence-electron chi connectivity index (χ3n) is 2.14. The molecule has 0 saturated carbocycles. The fourth-order valence-corrected chi connectivity index (χ4v) is 1.66. The van der Waals surface area contributed by atoms with Crippen molar-refractivity contribution >= 4 is 16.8 Å². The van der Waals surface area contributed by atoms with Crippen LogP contribution in [0.15, 0.2) is 17.3 Å². The van der Waals surface area contributed by atoms with Crippen molar-refractivity contribution in [1.82, 2.24) is 0 Å². The van der Waals surface area contributed by atoms with E-state index < -0.39 is 0 Å². The molecule has 1 rings (SSSR count). The number of benzene rings is 1. The highest BCUT2D eigenvalue weighted by Crippen LogP contribution is 2.26. The summed E-state index contributed by atoms with van der Waals surface area (Å²) in [6.07, 6.45) is 0.130. The van der Waals surface area contributed by atoms with Gasteiger partial charge >= 0.3 is 0 Å². The maximum Gasteiger partial charge on any atom is 0.175 e. The van der Waals surface area contributed by atoms with Crippen LogP contribution >= 0.6 is 11.6 Å². The van der Waals surface area contributed by atoms with E-state index in [0.717, 1.165) is 16.9 Å². The summed E-state index contributed by atoms with van der Waals surface area (Å²) in [5.74, 6) is 0.862. The van der Waals surface area contributed by atoms with E-state index in [1.807, 2.05) is 39.8 Å². The first-order valence-electron chi connectivity index (χ1n) is 5.11. The summed E-state index contributed by atoms with van der Waals surface area (Å²) in [6, 6.07) is 3.68. The van der Waals surface area contributed by atoms with E-state index in [0.29, 0.717) is 5.56 Å². The van der Waals surface area contributed by atoms with Gasteiger partial charge in [-0.15, -0.1) is 0 Å². The molecule has 1 aromatic carbocycles. The fraction of sp³-hybridized carbons (Fsp3) is 0.417. The zero-order chi connectivity index (χ0) is 12.3. The van der Waals surface area contributed by atoms with Crippen molar-refractivity contribution < 1.29 is 9.94 Å². The second kappa shape index (κ2) is 5.21. The van der Waals surface area contributed by atoms with E-state index in [2.05, 4.69) is 5.16 Å². The SMILES string of the molecule is Cc1cc(/C(Cl)=N/O)cc(C)c1OC(C)C. The van der Waals surface area contributed by atoms with Gasteiger partial charge in [0.05, 0.1) is 6.10 Å². The highest BCUT2D eigenvalue weighted by atomic mass is 35.5. The molecular weight excluding hydrogens is 226 g/mol. The first-order valence-corrected chi connectivity index (χ1v) is 5.49. The van der Waals surface area contributed by atoms with Crippen LogP contribution < -0.4 is 4.74 Å². The average Bonchev–Trinajstić information content (AvgIpc) is 2.21. The van der Waals surface area contributed by atoms with Crippen molar-refractivity contribution in [2.24, 2.45) is 5.16 Å². The Labute approximate surface area is 101 Å². The normalized spacial score (nSPS) is 12.0. The van der Waals surface area contributed by atoms with E-state index in [1.54, 1.807) is 0 Å². The van der Waals surface area contributed by atoms with E-state index in [-0.39, 0.29) is 11.3 Å². The lowest BCUT2D eigenvalue weighted by molar-refractivity contribution is 0.239. The van der Waals surface area contributed by atoms with Crippen LogP contribution in [0.4, 0.5) is 0 Å². The van der Waals surface area contributed by atoms with E-state index in [1.165, 1.54) is 0 Å². The van der Waals surface area contributed by atoms with Crippen LogP contribution in [0.1, 0.15) is 30.5 Å². The Morgan fingerprint density at radius 3 is 2.19 bits per heavy atom. The molecule has 0 radical (unpaired) electrons. The molecule has 3 nitrogen and oxygen atoms in total. The summed E-state index contributed by atoms with van der Waals surface area (Å²) in [6.45, 7) is 7.84. The molecule has 0 aliphatic heterocycles. The van der Waals surface area contributed by atoms with Crippen molar-refractivity contribution in [3.05, 3.63) is 28.8 Å². The van der Waals surface area contributed by atoms with Gasteiger partial charge in [0.25, 0.3) is 0 Å². The molecule has 0 spiro atoms. The van der Waals surface area contributed by atoms with Crippen LogP contribution in [-0.4, -0.2) is 16.5 Å². The second-order valence-electron chi connectivity index (χ2n) is 4.00. The Bertz CT molecular complexity index is 390. The molecule has 4 heteroatoms. The maximum absolute atomic E-state index is 8.61. The molecule has 16 heavy (non-hydrogen) atoms. The molecule has 0 atom stereocenters. The lowest BCUT2D eigenvalue weighted by atomic mass is 10.1. The molecule has 0 aromatic heterocycles. The topological polar surface area (TPSA) is 41.8 Å². The molecule has 0 amide bonds. The third-order valence-corrected chi connectivity index (χ3v) is 2.43. The largest absolute Gasteiger partial charge is 0.490 e. The fourth-order valence-electron chi connectivity index (χ4n) is 1.55. The molecule has 0 unspecified atom stereocenters. The predicted octanol–water partition coefficient (Wildman–Crippen LogP) is 3.47. The van der Waals surface area contributed by atoms with Crippen LogP contribution in [-0.2, 0) is 0 Å². The van der Waals surface area contributed by atoms with Crippen LogP contribution in [0.5, 0.6) is 5.75 Å². The minimum Gasteiger partial charge on any atom is -0.490 e. The summed E-state index contributed by atoms with van der Waals surface area (Å²) in [7, 11) is 0. The lowest BCUT2D eigenvalue weighted by Gasteiger charge is -2.16. The molecule has 0 fully saturated rings. The minimum absolute atomic E-state index is 0.0855. The van der Waals surface area contributed by atoms with E-state index in [4.69, 9.17) is 21.5 Å². The van der Waals surface area contributed by atoms with E-state index >= 15 is 0 Å². The van der Waals surface area contributed by atoms with Gasteiger partial charge in [-0.05, 0) is 51.0 Å². The number of nitrogens with zero attached hydrogens (tertiary/aromatic N) is 1. The van der Waals surface area contributed by atoms with Crippen molar-refractivity contribution in [2.45, 2.75) is 33.8 Å². The monoisotopic (exact) mass is 241 g/mol. The number of hydrogen-bond acceptors (Lipinski definition) is 3. The number of halogens is 1. The van der Waals surface area contributed by atoms with Gasteiger partial charge in [0.15, 0.2) is 5.17 Å². The number of aryl methyl sites for hydroxylation is 2. The minimum atomic E-state index is 0.0855. The van der Waals surface area contributed by atoms with Crippen molar-refractivity contribution in [3.63, 3.8) is 0 Å². The molecule has 1 aromatic rings. The predicted molar refractivity (Wildman–Crippen MR) is 65.9 cm³/mol. The van der Waals surface area contributed by atoms with Gasteiger partial charge in [-0.2, -0.15) is 0 Å². The van der Waals surface area contributed by atoms with Gasteiger partial charge in [0.2, 0.25) is 0 Å². The quantitative estimate of drug-likeness (QED) is 0.500. The van der Waals surface area contributed by atoms with Crippen LogP contribution in [0.3, 0.4) is 0 Å². The van der Waals surface area contributed by atoms with Crippen molar-refractivity contribution in [3.8, 4) is 5.75 Å². The average molecular weight is 242 g/mol. The first-order chi connectivity index (χ1) is 7.45. The number of oxime groups is 1. The van der Waals surface area contributed by atoms with Crippen LogP contribution in [0, 0.1) is 13.8 Å². The molecular formula is C12H16ClNO2. The molecule has 88 valence electrons. The smallest absolute Gasteiger partial charge is 0.175 e. The van der Waals surface area contributed by atoms with Gasteiger partial charge in [-0.1, -0.05) is 16.8 Å². The number of ether oxygens (including phenoxy) is 1. The van der Waals surface area contributed by atoms with Gasteiger partial charge in [0, 0.05) is 5.56 Å². The molecule has 0 saturated heterocycles. The molecule has 0 bridgehead atoms. The van der Waals surface area contributed by atoms with Gasteiger partial charge in [0.1, 0.15) is 5.75 Å². The summed E-state index contributed by atoms with van der Waals surface area (Å²) < 4.78 is 5.70. The Kier molecular flexibility index (Phi) is 4.19. The highest BCUT2D eigenvalue weighted by Gasteiger charge is 2.10. The maximum atomic E-state index is 8.61. The molecule has 0 aliphatic rings. The zero-order valence-corrected chi connectivity index (χ0v) is 10.7. The lowest BCUT2D eigenvalue weighted by Crippen LogP contribution is -2.08. The summed E-state index contributed by atoms with van der Waals surface area (Å²) >= 11 is 5.75. The van der Waals surface area contributed by atoms with Gasteiger partial charge < -0.3 is 9.94 Å². The summed E-state index contributed by atoms with van der Waals surface area (Å²) in [4.78, 5) is 0. The Morgan fingerprint density at radius 1 is 1.31 bits per heavy atom. The van der Waals surface area contributed by atoms with Gasteiger partial charge in [-0.3, -0.25) is 0 Å². The third kappa shape index (κ3) is 2.89. The molecule has 0 aliphatic carbocycles. The first kappa shape index (κ1) is 12.8. The Balaban J connectivity index is 3.17. The molecule has 1 N–H and O–H groups in total. The number of rotatable bonds is 3. The standard InChI is InChI=1S/C12H16ClNO2/c1-7(2)16-11-8(3)5-10(6-9(11)4)12(13)14-15/h5-7,15H,1-4H3/b14-12-. The Hall–Kier alpha value is -1.22. The number of hydrogen-bond donors (Lipinski definition) is 1. The molecule has 0 heterocycles. The van der Waals surface area contributed by atoms with Crippen molar-refractivity contribution in [2.75, 3.05) is 0 Å². The zero-order valence-electron chi connectivity index (χ0n) is 9.91. The van der Waals surface area contributed by atoms with Crippen LogP contribution in [0.2, 0.25) is 0 Å².